The van der Waals surface area contributed by atoms with E-state index in [1.54, 1.807) is 0 Å². The lowest BCUT2D eigenvalue weighted by Gasteiger charge is -2.20. The second kappa shape index (κ2) is 9.05. The van der Waals surface area contributed by atoms with Gasteiger partial charge in [0.1, 0.15) is 23.2 Å². The van der Waals surface area contributed by atoms with Crippen LogP contribution in [0.1, 0.15) is 50.8 Å². The molecule has 4 rings (SSSR count). The zero-order chi connectivity index (χ0) is 26.6. The number of nitrogens with one attached hydrogen (secondary N) is 1. The fourth-order valence-electron chi connectivity index (χ4n) is 4.12. The SMILES string of the molecule is CC(C)(C)Cn1cc([C@H](NS(=O)(=O)C2CC2)C(F)F)c2cc(F)c(-c3ccccc3C(F)(F)F)nc21. The molecule has 5 nitrogen and oxygen atoms in total. The van der Waals surface area contributed by atoms with Crippen LogP contribution in [0.2, 0.25) is 0 Å². The smallest absolute Gasteiger partial charge is 0.332 e. The Hall–Kier alpha value is -2.60. The van der Waals surface area contributed by atoms with Gasteiger partial charge in [-0.25, -0.2) is 31.3 Å². The molecule has 2 heterocycles. The summed E-state index contributed by atoms with van der Waals surface area (Å²) in [5, 5.41) is -0.865. The van der Waals surface area contributed by atoms with Crippen molar-refractivity contribution >= 4 is 21.1 Å². The maximum Gasteiger partial charge on any atom is 0.417 e. The van der Waals surface area contributed by atoms with Crippen LogP contribution >= 0.6 is 0 Å². The Balaban J connectivity index is 1.94. The average molecular weight is 534 g/mol. The van der Waals surface area contributed by atoms with Gasteiger partial charge in [-0.05, 0) is 30.4 Å². The predicted octanol–water partition coefficient (Wildman–Crippen LogP) is 6.30. The number of aromatic nitrogens is 2. The zero-order valence-electron chi connectivity index (χ0n) is 19.7. The second-order valence-corrected chi connectivity index (χ2v) is 12.2. The van der Waals surface area contributed by atoms with E-state index >= 15 is 4.39 Å². The number of benzene rings is 1. The van der Waals surface area contributed by atoms with Gasteiger partial charge < -0.3 is 4.57 Å². The van der Waals surface area contributed by atoms with E-state index in [1.807, 2.05) is 25.5 Å². The molecule has 1 aliphatic carbocycles. The predicted molar refractivity (Wildman–Crippen MR) is 123 cm³/mol. The molecular formula is C24H25F6N3O2S. The highest BCUT2D eigenvalue weighted by Gasteiger charge is 2.40. The Kier molecular flexibility index (Phi) is 6.66. The first-order valence-corrected chi connectivity index (χ1v) is 12.8. The van der Waals surface area contributed by atoms with Crippen molar-refractivity contribution in [2.45, 2.75) is 64.1 Å². The van der Waals surface area contributed by atoms with E-state index in [0.717, 1.165) is 18.2 Å². The molecule has 0 unspecified atom stereocenters. The van der Waals surface area contributed by atoms with Crippen LogP contribution in [0.3, 0.4) is 0 Å². The number of sulfonamides is 1. The van der Waals surface area contributed by atoms with Crippen molar-refractivity contribution in [1.82, 2.24) is 14.3 Å². The topological polar surface area (TPSA) is 64.0 Å². The summed E-state index contributed by atoms with van der Waals surface area (Å²) in [5.74, 6) is -1.15. The maximum atomic E-state index is 15.3. The highest BCUT2D eigenvalue weighted by molar-refractivity contribution is 7.90. The minimum atomic E-state index is -4.78. The third-order valence-electron chi connectivity index (χ3n) is 5.81. The summed E-state index contributed by atoms with van der Waals surface area (Å²) in [6.45, 7) is 5.75. The van der Waals surface area contributed by atoms with Crippen LogP contribution < -0.4 is 4.72 Å². The maximum absolute atomic E-state index is 15.3. The third-order valence-corrected chi connectivity index (χ3v) is 7.74. The lowest BCUT2D eigenvalue weighted by molar-refractivity contribution is -0.137. The van der Waals surface area contributed by atoms with E-state index in [2.05, 4.69) is 4.98 Å². The van der Waals surface area contributed by atoms with Gasteiger partial charge >= 0.3 is 6.18 Å². The summed E-state index contributed by atoms with van der Waals surface area (Å²) in [7, 11) is -4.04. The molecule has 0 radical (unpaired) electrons. The number of rotatable bonds is 7. The number of hydrogen-bond acceptors (Lipinski definition) is 3. The first-order valence-electron chi connectivity index (χ1n) is 11.2. The molecule has 0 spiro atoms. The van der Waals surface area contributed by atoms with Crippen LogP contribution in [0.15, 0.2) is 36.5 Å². The molecule has 36 heavy (non-hydrogen) atoms. The van der Waals surface area contributed by atoms with Gasteiger partial charge in [0.2, 0.25) is 10.0 Å². The second-order valence-electron chi connectivity index (χ2n) is 10.2. The minimum Gasteiger partial charge on any atom is -0.332 e. The van der Waals surface area contributed by atoms with Crippen molar-refractivity contribution < 1.29 is 34.8 Å². The molecule has 2 aromatic heterocycles. The van der Waals surface area contributed by atoms with Crippen LogP contribution in [0.4, 0.5) is 26.3 Å². The summed E-state index contributed by atoms with van der Waals surface area (Å²) < 4.78 is 113. The molecule has 1 N–H and O–H groups in total. The van der Waals surface area contributed by atoms with Gasteiger partial charge in [-0.1, -0.05) is 39.0 Å². The Morgan fingerprint density at radius 2 is 1.78 bits per heavy atom. The summed E-state index contributed by atoms with van der Waals surface area (Å²) in [6.07, 6.45) is -5.96. The van der Waals surface area contributed by atoms with Crippen molar-refractivity contribution in [2.24, 2.45) is 5.41 Å². The van der Waals surface area contributed by atoms with Gasteiger partial charge in [-0.15, -0.1) is 0 Å². The van der Waals surface area contributed by atoms with Crippen molar-refractivity contribution in [3.05, 3.63) is 53.5 Å². The summed E-state index contributed by atoms with van der Waals surface area (Å²) >= 11 is 0. The normalized spacial score (nSPS) is 16.2. The molecule has 1 atom stereocenters. The van der Waals surface area contributed by atoms with Crippen LogP contribution in [0.25, 0.3) is 22.3 Å². The molecule has 3 aromatic rings. The van der Waals surface area contributed by atoms with E-state index in [1.165, 1.54) is 22.9 Å². The Labute approximate surface area is 204 Å². The highest BCUT2D eigenvalue weighted by Crippen LogP contribution is 2.40. The Bertz CT molecular complexity index is 1390. The fourth-order valence-corrected chi connectivity index (χ4v) is 5.65. The summed E-state index contributed by atoms with van der Waals surface area (Å²) in [6, 6.07) is 3.25. The molecule has 12 heteroatoms. The largest absolute Gasteiger partial charge is 0.417 e. The van der Waals surface area contributed by atoms with E-state index in [0.29, 0.717) is 12.8 Å². The molecule has 0 aliphatic heterocycles. The van der Waals surface area contributed by atoms with E-state index < -0.39 is 62.0 Å². The number of hydrogen-bond donors (Lipinski definition) is 1. The zero-order valence-corrected chi connectivity index (χ0v) is 20.5. The number of alkyl halides is 5. The molecule has 1 aromatic carbocycles. The van der Waals surface area contributed by atoms with Gasteiger partial charge in [0.05, 0.1) is 10.8 Å². The standard InChI is InChI=1S/C24H25F6N3O2S/c1-23(2,3)12-33-11-16(20(21(26)27)32-36(34,35)13-8-9-13)15-10-18(25)19(31-22(15)33)14-6-4-5-7-17(14)24(28,29)30/h4-7,10-11,13,20-21,32H,8-9,12H2,1-3H3/t20-/m0/s1. The molecule has 1 saturated carbocycles. The van der Waals surface area contributed by atoms with Gasteiger partial charge in [0.15, 0.2) is 0 Å². The third kappa shape index (κ3) is 5.39. The lowest BCUT2D eigenvalue weighted by atomic mass is 9.97. The van der Waals surface area contributed by atoms with Crippen molar-refractivity contribution in [2.75, 3.05) is 0 Å². The molecule has 0 saturated heterocycles. The molecular weight excluding hydrogens is 508 g/mol. The number of nitrogens with zero attached hydrogens (tertiary/aromatic N) is 2. The average Bonchev–Trinajstić information content (AvgIpc) is 3.55. The first kappa shape index (κ1) is 26.5. The monoisotopic (exact) mass is 533 g/mol. The molecule has 0 amide bonds. The lowest BCUT2D eigenvalue weighted by Crippen LogP contribution is -2.35. The van der Waals surface area contributed by atoms with Gasteiger partial charge in [-0.2, -0.15) is 13.2 Å². The Morgan fingerprint density at radius 1 is 1.14 bits per heavy atom. The summed E-state index contributed by atoms with van der Waals surface area (Å²) in [4.78, 5) is 4.18. The van der Waals surface area contributed by atoms with Crippen LogP contribution in [-0.2, 0) is 22.7 Å². The van der Waals surface area contributed by atoms with Gasteiger partial charge in [0, 0.05) is 29.3 Å². The minimum absolute atomic E-state index is 0.0235. The van der Waals surface area contributed by atoms with Gasteiger partial charge in [0.25, 0.3) is 6.43 Å². The van der Waals surface area contributed by atoms with Crippen molar-refractivity contribution in [1.29, 1.82) is 0 Å². The molecule has 196 valence electrons. The summed E-state index contributed by atoms with van der Waals surface area (Å²) in [5.41, 5.74) is -2.80. The molecule has 0 bridgehead atoms. The van der Waals surface area contributed by atoms with Crippen LogP contribution in [0, 0.1) is 11.2 Å². The van der Waals surface area contributed by atoms with E-state index in [9.17, 15) is 30.4 Å². The highest BCUT2D eigenvalue weighted by atomic mass is 32.2. The first-order chi connectivity index (χ1) is 16.6. The number of fused-ring (bicyclic) bond motifs is 1. The van der Waals surface area contributed by atoms with Gasteiger partial charge in [-0.3, -0.25) is 0 Å². The van der Waals surface area contributed by atoms with Crippen LogP contribution in [-0.4, -0.2) is 29.6 Å². The molecule has 1 fully saturated rings. The fraction of sp³-hybridized carbons (Fsp3) is 0.458. The quantitative estimate of drug-likeness (QED) is 0.363. The number of halogens is 6. The Morgan fingerprint density at radius 3 is 2.33 bits per heavy atom. The van der Waals surface area contributed by atoms with E-state index in [-0.39, 0.29) is 23.1 Å². The van der Waals surface area contributed by atoms with Crippen LogP contribution in [0.5, 0.6) is 0 Å². The molecule has 1 aliphatic rings. The number of pyridine rings is 1. The van der Waals surface area contributed by atoms with Crippen molar-refractivity contribution in [3.8, 4) is 11.3 Å². The van der Waals surface area contributed by atoms with E-state index in [4.69, 9.17) is 0 Å². The van der Waals surface area contributed by atoms with Crippen molar-refractivity contribution in [3.63, 3.8) is 0 Å².